The van der Waals surface area contributed by atoms with Crippen LogP contribution in [0.3, 0.4) is 0 Å². The number of aromatic nitrogens is 3. The number of hydrogen-bond acceptors (Lipinski definition) is 5. The molecular formula is C13H10N4O3S. The zero-order valence-electron chi connectivity index (χ0n) is 10.7. The van der Waals surface area contributed by atoms with E-state index >= 15 is 0 Å². The van der Waals surface area contributed by atoms with Crippen molar-refractivity contribution in [3.63, 3.8) is 0 Å². The number of carboxylic acids is 1. The van der Waals surface area contributed by atoms with Crippen LogP contribution >= 0.6 is 11.3 Å². The highest BCUT2D eigenvalue weighted by Crippen LogP contribution is 2.26. The molecule has 3 rings (SSSR count). The Balaban J connectivity index is 1.78. The fourth-order valence-electron chi connectivity index (χ4n) is 1.83. The molecule has 0 spiro atoms. The summed E-state index contributed by atoms with van der Waals surface area (Å²) in [6.07, 6.45) is 1.75. The second-order valence-corrected chi connectivity index (χ2v) is 5.34. The van der Waals surface area contributed by atoms with Crippen LogP contribution in [0.25, 0.3) is 10.2 Å². The second kappa shape index (κ2) is 5.33. The van der Waals surface area contributed by atoms with Crippen LogP contribution < -0.4 is 5.32 Å². The highest BCUT2D eigenvalue weighted by molar-refractivity contribution is 7.22. The van der Waals surface area contributed by atoms with Crippen molar-refractivity contribution in [2.75, 3.05) is 5.32 Å². The van der Waals surface area contributed by atoms with Crippen LogP contribution in [-0.4, -0.2) is 32.2 Å². The number of nitrogens with zero attached hydrogens (tertiary/aromatic N) is 2. The van der Waals surface area contributed by atoms with Gasteiger partial charge in [-0.05, 0) is 24.3 Å². The van der Waals surface area contributed by atoms with E-state index in [1.807, 2.05) is 0 Å². The topological polar surface area (TPSA) is 108 Å². The van der Waals surface area contributed by atoms with E-state index in [9.17, 15) is 9.59 Å². The number of anilines is 1. The van der Waals surface area contributed by atoms with Crippen molar-refractivity contribution in [1.82, 2.24) is 15.2 Å². The van der Waals surface area contributed by atoms with Gasteiger partial charge >= 0.3 is 5.97 Å². The van der Waals surface area contributed by atoms with Crippen molar-refractivity contribution in [1.29, 1.82) is 0 Å². The van der Waals surface area contributed by atoms with E-state index in [4.69, 9.17) is 5.11 Å². The van der Waals surface area contributed by atoms with Gasteiger partial charge < -0.3 is 10.4 Å². The van der Waals surface area contributed by atoms with E-state index in [1.54, 1.807) is 24.4 Å². The summed E-state index contributed by atoms with van der Waals surface area (Å²) in [7, 11) is 0. The number of amides is 1. The van der Waals surface area contributed by atoms with Gasteiger partial charge in [-0.25, -0.2) is 9.78 Å². The molecule has 0 aliphatic carbocycles. The third-order valence-corrected chi connectivity index (χ3v) is 3.72. The number of carboxylic acid groups (broad SMARTS) is 1. The first kappa shape index (κ1) is 13.3. The maximum Gasteiger partial charge on any atom is 0.335 e. The van der Waals surface area contributed by atoms with Crippen LogP contribution in [-0.2, 0) is 11.2 Å². The van der Waals surface area contributed by atoms with Gasteiger partial charge in [-0.1, -0.05) is 11.3 Å². The lowest BCUT2D eigenvalue weighted by Gasteiger charge is -1.98. The van der Waals surface area contributed by atoms with Gasteiger partial charge in [-0.15, -0.1) is 0 Å². The Morgan fingerprint density at radius 2 is 2.19 bits per heavy atom. The molecule has 0 aliphatic rings. The second-order valence-electron chi connectivity index (χ2n) is 4.31. The Kier molecular flexibility index (Phi) is 3.36. The van der Waals surface area contributed by atoms with Crippen LogP contribution in [0, 0.1) is 0 Å². The molecule has 1 amide bonds. The van der Waals surface area contributed by atoms with Gasteiger partial charge in [0.1, 0.15) is 0 Å². The van der Waals surface area contributed by atoms with Gasteiger partial charge in [0.25, 0.3) is 0 Å². The number of carbonyl (C=O) groups excluding carboxylic acids is 1. The van der Waals surface area contributed by atoms with Gasteiger partial charge in [0.05, 0.1) is 22.2 Å². The maximum absolute atomic E-state index is 11.8. The molecule has 2 aromatic heterocycles. The molecule has 0 unspecified atom stereocenters. The number of thiazole rings is 1. The number of carbonyl (C=O) groups is 2. The first-order valence-electron chi connectivity index (χ1n) is 6.04. The molecule has 1 aromatic carbocycles. The first-order valence-corrected chi connectivity index (χ1v) is 6.85. The SMILES string of the molecule is O=C(Cc1ccn[nH]1)Nc1nc2ccc(C(=O)O)cc2s1. The van der Waals surface area contributed by atoms with Crippen LogP contribution in [0.5, 0.6) is 0 Å². The molecular weight excluding hydrogens is 292 g/mol. The summed E-state index contributed by atoms with van der Waals surface area (Å²) in [4.78, 5) is 27.0. The minimum Gasteiger partial charge on any atom is -0.478 e. The minimum atomic E-state index is -0.991. The summed E-state index contributed by atoms with van der Waals surface area (Å²) < 4.78 is 0.715. The molecule has 106 valence electrons. The molecule has 0 saturated heterocycles. The van der Waals surface area contributed by atoms with Gasteiger partial charge in [0, 0.05) is 11.9 Å². The predicted octanol–water partition coefficient (Wildman–Crippen LogP) is 1.90. The molecule has 0 atom stereocenters. The zero-order valence-corrected chi connectivity index (χ0v) is 11.5. The summed E-state index contributed by atoms with van der Waals surface area (Å²) in [5, 5.41) is 18.6. The number of benzene rings is 1. The molecule has 2 heterocycles. The van der Waals surface area contributed by atoms with E-state index in [2.05, 4.69) is 20.5 Å². The van der Waals surface area contributed by atoms with E-state index in [0.717, 1.165) is 0 Å². The Hall–Kier alpha value is -2.74. The summed E-state index contributed by atoms with van der Waals surface area (Å²) in [6.45, 7) is 0. The van der Waals surface area contributed by atoms with Crippen molar-refractivity contribution in [2.24, 2.45) is 0 Å². The van der Waals surface area contributed by atoms with E-state index in [-0.39, 0.29) is 17.9 Å². The summed E-state index contributed by atoms with van der Waals surface area (Å²) in [5.41, 5.74) is 1.56. The molecule has 0 radical (unpaired) electrons. The lowest BCUT2D eigenvalue weighted by Crippen LogP contribution is -2.14. The number of hydrogen-bond donors (Lipinski definition) is 3. The Morgan fingerprint density at radius 1 is 1.33 bits per heavy atom. The number of rotatable bonds is 4. The number of fused-ring (bicyclic) bond motifs is 1. The van der Waals surface area contributed by atoms with Crippen molar-refractivity contribution >= 4 is 38.6 Å². The molecule has 0 saturated carbocycles. The van der Waals surface area contributed by atoms with Crippen LogP contribution in [0.2, 0.25) is 0 Å². The van der Waals surface area contributed by atoms with Gasteiger partial charge in [-0.3, -0.25) is 9.89 Å². The van der Waals surface area contributed by atoms with Gasteiger partial charge in [-0.2, -0.15) is 5.10 Å². The van der Waals surface area contributed by atoms with Crippen molar-refractivity contribution < 1.29 is 14.7 Å². The average molecular weight is 302 g/mol. The summed E-state index contributed by atoms with van der Waals surface area (Å²) in [6, 6.07) is 6.37. The van der Waals surface area contributed by atoms with Crippen molar-refractivity contribution in [3.05, 3.63) is 41.7 Å². The Labute approximate surface area is 122 Å². The number of aromatic amines is 1. The predicted molar refractivity (Wildman–Crippen MR) is 77.5 cm³/mol. The van der Waals surface area contributed by atoms with Crippen LogP contribution in [0.15, 0.2) is 30.5 Å². The summed E-state index contributed by atoms with van der Waals surface area (Å²) >= 11 is 1.24. The molecule has 21 heavy (non-hydrogen) atoms. The Morgan fingerprint density at radius 3 is 2.90 bits per heavy atom. The number of nitrogens with one attached hydrogen (secondary N) is 2. The smallest absolute Gasteiger partial charge is 0.335 e. The normalized spacial score (nSPS) is 10.7. The quantitative estimate of drug-likeness (QED) is 0.682. The third kappa shape index (κ3) is 2.90. The highest BCUT2D eigenvalue weighted by Gasteiger charge is 2.11. The fraction of sp³-hybridized carbons (Fsp3) is 0.0769. The Bertz CT molecular complexity index is 810. The maximum atomic E-state index is 11.8. The van der Waals surface area contributed by atoms with Crippen molar-refractivity contribution in [2.45, 2.75) is 6.42 Å². The lowest BCUT2D eigenvalue weighted by molar-refractivity contribution is -0.115. The largest absolute Gasteiger partial charge is 0.478 e. The molecule has 3 aromatic rings. The molecule has 7 nitrogen and oxygen atoms in total. The molecule has 8 heteroatoms. The highest BCUT2D eigenvalue weighted by atomic mass is 32.1. The van der Waals surface area contributed by atoms with Gasteiger partial charge in [0.2, 0.25) is 5.91 Å². The molecule has 0 aliphatic heterocycles. The fourth-order valence-corrected chi connectivity index (χ4v) is 2.75. The number of H-pyrrole nitrogens is 1. The molecule has 0 fully saturated rings. The molecule has 3 N–H and O–H groups in total. The van der Waals surface area contributed by atoms with Crippen LogP contribution in [0.1, 0.15) is 16.1 Å². The summed E-state index contributed by atoms with van der Waals surface area (Å²) in [5.74, 6) is -1.20. The lowest BCUT2D eigenvalue weighted by atomic mass is 10.2. The van der Waals surface area contributed by atoms with Crippen molar-refractivity contribution in [3.8, 4) is 0 Å². The van der Waals surface area contributed by atoms with E-state index in [1.165, 1.54) is 17.4 Å². The zero-order chi connectivity index (χ0) is 14.8. The van der Waals surface area contributed by atoms with E-state index in [0.29, 0.717) is 21.0 Å². The first-order chi connectivity index (χ1) is 10.1. The van der Waals surface area contributed by atoms with Gasteiger partial charge in [0.15, 0.2) is 5.13 Å². The molecule has 0 bridgehead atoms. The standard InChI is InChI=1S/C13H10N4O3S/c18-11(6-8-3-4-14-17-8)16-13-15-9-2-1-7(12(19)20)5-10(9)21-13/h1-5H,6H2,(H,14,17)(H,19,20)(H,15,16,18). The van der Waals surface area contributed by atoms with E-state index < -0.39 is 5.97 Å². The third-order valence-electron chi connectivity index (χ3n) is 2.79. The average Bonchev–Trinajstić information content (AvgIpc) is 3.05. The monoisotopic (exact) mass is 302 g/mol. The minimum absolute atomic E-state index is 0.177. The number of aromatic carboxylic acids is 1. The van der Waals surface area contributed by atoms with Crippen LogP contribution in [0.4, 0.5) is 5.13 Å².